The molecule has 0 fully saturated rings. The largest absolute Gasteiger partial charge is 0.364 e. The van der Waals surface area contributed by atoms with Gasteiger partial charge in [0.25, 0.3) is 5.91 Å². The van der Waals surface area contributed by atoms with Crippen LogP contribution in [0.3, 0.4) is 0 Å². The van der Waals surface area contributed by atoms with Crippen LogP contribution in [-0.2, 0) is 7.05 Å². The molecule has 7 heteroatoms. The summed E-state index contributed by atoms with van der Waals surface area (Å²) in [5.74, 6) is -0.993. The van der Waals surface area contributed by atoms with E-state index in [4.69, 9.17) is 0 Å². The first kappa shape index (κ1) is 17.1. The van der Waals surface area contributed by atoms with Crippen LogP contribution in [0, 0.1) is 5.82 Å². The zero-order valence-electron chi connectivity index (χ0n) is 15.3. The van der Waals surface area contributed by atoms with Gasteiger partial charge in [0.2, 0.25) is 0 Å². The molecule has 6 nitrogen and oxygen atoms in total. The van der Waals surface area contributed by atoms with Gasteiger partial charge >= 0.3 is 0 Å². The number of rotatable bonds is 3. The molecule has 4 rings (SSSR count). The van der Waals surface area contributed by atoms with Gasteiger partial charge in [-0.2, -0.15) is 5.10 Å². The van der Waals surface area contributed by atoms with Crippen molar-refractivity contribution in [1.82, 2.24) is 25.3 Å². The number of amides is 1. The molecule has 2 aromatic rings. The number of allylic oxidation sites excluding steroid dienone is 2. The molecule has 1 atom stereocenters. The fourth-order valence-electron chi connectivity index (χ4n) is 3.33. The van der Waals surface area contributed by atoms with Crippen LogP contribution < -0.4 is 10.6 Å². The van der Waals surface area contributed by atoms with Gasteiger partial charge < -0.3 is 15.5 Å². The van der Waals surface area contributed by atoms with E-state index in [0.29, 0.717) is 5.56 Å². The van der Waals surface area contributed by atoms with E-state index >= 15 is 0 Å². The molecule has 3 heterocycles. The number of carbonyl (C=O) groups is 1. The summed E-state index contributed by atoms with van der Waals surface area (Å²) in [5, 5.41) is 10.0. The summed E-state index contributed by atoms with van der Waals surface area (Å²) < 4.78 is 16.2. The van der Waals surface area contributed by atoms with Crippen molar-refractivity contribution in [3.63, 3.8) is 0 Å². The predicted molar refractivity (Wildman–Crippen MR) is 101 cm³/mol. The molecule has 2 aliphatic heterocycles. The molecule has 0 aliphatic carbocycles. The molecule has 138 valence electrons. The summed E-state index contributed by atoms with van der Waals surface area (Å²) in [6.45, 7) is 2.04. The Labute approximate surface area is 156 Å². The van der Waals surface area contributed by atoms with Crippen molar-refractivity contribution in [1.29, 1.82) is 0 Å². The Morgan fingerprint density at radius 2 is 2.15 bits per heavy atom. The van der Waals surface area contributed by atoms with E-state index in [1.54, 1.807) is 10.7 Å². The van der Waals surface area contributed by atoms with Crippen LogP contribution in [0.4, 0.5) is 4.39 Å². The van der Waals surface area contributed by atoms with E-state index in [0.717, 1.165) is 16.8 Å². The maximum absolute atomic E-state index is 14.4. The molecule has 1 aromatic heterocycles. The van der Waals surface area contributed by atoms with Gasteiger partial charge in [0, 0.05) is 49.4 Å². The van der Waals surface area contributed by atoms with Crippen molar-refractivity contribution in [3.8, 4) is 0 Å². The summed E-state index contributed by atoms with van der Waals surface area (Å²) >= 11 is 0. The van der Waals surface area contributed by atoms with Gasteiger partial charge in [-0.15, -0.1) is 0 Å². The van der Waals surface area contributed by atoms with Crippen molar-refractivity contribution < 1.29 is 9.18 Å². The standard InChI is InChI=1S/C20H20FN5O/c1-20-7-6-14(15-9-24-25(3)11-15)12-26(20)18(10-23-20)13-4-5-16(17(21)8-13)19(27)22-2/h4-12,23H,1-3H3,(H,22,27). The fourth-order valence-corrected chi connectivity index (χ4v) is 3.33. The molecule has 1 aromatic carbocycles. The lowest BCUT2D eigenvalue weighted by molar-refractivity contribution is 0.0959. The Morgan fingerprint density at radius 1 is 1.33 bits per heavy atom. The van der Waals surface area contributed by atoms with Crippen molar-refractivity contribution in [3.05, 3.63) is 77.7 Å². The second kappa shape index (κ2) is 6.12. The summed E-state index contributed by atoms with van der Waals surface area (Å²) in [6.07, 6.45) is 11.8. The highest BCUT2D eigenvalue weighted by Gasteiger charge is 2.37. The predicted octanol–water partition coefficient (Wildman–Crippen LogP) is 2.45. The molecule has 0 bridgehead atoms. The molecule has 2 aliphatic rings. The molecular weight excluding hydrogens is 345 g/mol. The third-order valence-corrected chi connectivity index (χ3v) is 4.89. The number of carbonyl (C=O) groups excluding carboxylic acids is 1. The van der Waals surface area contributed by atoms with Crippen LogP contribution in [0.1, 0.15) is 28.4 Å². The topological polar surface area (TPSA) is 62.2 Å². The summed E-state index contributed by atoms with van der Waals surface area (Å²) in [7, 11) is 3.36. The quantitative estimate of drug-likeness (QED) is 0.877. The highest BCUT2D eigenvalue weighted by molar-refractivity contribution is 5.94. The van der Waals surface area contributed by atoms with Gasteiger partial charge in [-0.1, -0.05) is 12.1 Å². The highest BCUT2D eigenvalue weighted by atomic mass is 19.1. The lowest BCUT2D eigenvalue weighted by Crippen LogP contribution is -2.46. The van der Waals surface area contributed by atoms with Crippen LogP contribution in [0.15, 0.2) is 55.1 Å². The number of aryl methyl sites for hydroxylation is 1. The molecule has 27 heavy (non-hydrogen) atoms. The zero-order valence-corrected chi connectivity index (χ0v) is 15.3. The molecule has 0 spiro atoms. The van der Waals surface area contributed by atoms with Crippen molar-refractivity contribution in [2.75, 3.05) is 7.05 Å². The van der Waals surface area contributed by atoms with E-state index in [1.165, 1.54) is 19.2 Å². The van der Waals surface area contributed by atoms with Crippen molar-refractivity contribution in [2.24, 2.45) is 7.05 Å². The molecule has 0 saturated carbocycles. The Bertz CT molecular complexity index is 1020. The number of hydrogen-bond acceptors (Lipinski definition) is 4. The van der Waals surface area contributed by atoms with Crippen LogP contribution in [0.5, 0.6) is 0 Å². The minimum absolute atomic E-state index is 0.0284. The number of fused-ring (bicyclic) bond motifs is 1. The first-order valence-electron chi connectivity index (χ1n) is 8.60. The number of hydrogen-bond donors (Lipinski definition) is 2. The second-order valence-electron chi connectivity index (χ2n) is 6.79. The third-order valence-electron chi connectivity index (χ3n) is 4.89. The van der Waals surface area contributed by atoms with Crippen LogP contribution in [0.2, 0.25) is 0 Å². The monoisotopic (exact) mass is 365 g/mol. The smallest absolute Gasteiger partial charge is 0.253 e. The average molecular weight is 365 g/mol. The minimum Gasteiger partial charge on any atom is -0.364 e. The zero-order chi connectivity index (χ0) is 19.2. The average Bonchev–Trinajstić information content (AvgIpc) is 3.23. The lowest BCUT2D eigenvalue weighted by atomic mass is 10.00. The van der Waals surface area contributed by atoms with Crippen LogP contribution >= 0.6 is 0 Å². The Kier molecular flexibility index (Phi) is 3.87. The maximum atomic E-state index is 14.4. The van der Waals surface area contributed by atoms with E-state index in [-0.39, 0.29) is 5.56 Å². The molecule has 1 unspecified atom stereocenters. The number of nitrogens with one attached hydrogen (secondary N) is 2. The normalized spacial score (nSPS) is 20.7. The summed E-state index contributed by atoms with van der Waals surface area (Å²) in [5.41, 5.74) is 3.12. The molecule has 1 amide bonds. The van der Waals surface area contributed by atoms with Gasteiger partial charge in [0.05, 0.1) is 17.5 Å². The minimum atomic E-state index is -0.551. The third kappa shape index (κ3) is 2.81. The van der Waals surface area contributed by atoms with E-state index < -0.39 is 17.4 Å². The van der Waals surface area contributed by atoms with Gasteiger partial charge in [0.15, 0.2) is 0 Å². The lowest BCUT2D eigenvalue weighted by Gasteiger charge is -2.37. The fraction of sp³-hybridized carbons (Fsp3) is 0.200. The van der Waals surface area contributed by atoms with Crippen molar-refractivity contribution in [2.45, 2.75) is 12.6 Å². The molecular formula is C20H20FN5O. The first-order valence-corrected chi connectivity index (χ1v) is 8.60. The number of halogens is 1. The molecule has 0 radical (unpaired) electrons. The van der Waals surface area contributed by atoms with Crippen LogP contribution in [-0.4, -0.2) is 33.3 Å². The number of aromatic nitrogens is 2. The van der Waals surface area contributed by atoms with Gasteiger partial charge in [-0.05, 0) is 25.1 Å². The van der Waals surface area contributed by atoms with E-state index in [9.17, 15) is 9.18 Å². The van der Waals surface area contributed by atoms with Gasteiger partial charge in [0.1, 0.15) is 11.5 Å². The maximum Gasteiger partial charge on any atom is 0.253 e. The van der Waals surface area contributed by atoms with Gasteiger partial charge in [-0.25, -0.2) is 4.39 Å². The van der Waals surface area contributed by atoms with Crippen LogP contribution in [0.25, 0.3) is 11.3 Å². The molecule has 0 saturated heterocycles. The first-order chi connectivity index (χ1) is 12.9. The number of benzene rings is 1. The highest BCUT2D eigenvalue weighted by Crippen LogP contribution is 2.37. The molecule has 2 N–H and O–H groups in total. The summed E-state index contributed by atoms with van der Waals surface area (Å²) in [4.78, 5) is 13.8. The van der Waals surface area contributed by atoms with E-state index in [1.807, 2.05) is 44.8 Å². The Morgan fingerprint density at radius 3 is 2.81 bits per heavy atom. The van der Waals surface area contributed by atoms with Crippen molar-refractivity contribution >= 4 is 17.2 Å². The summed E-state index contributed by atoms with van der Waals surface area (Å²) in [6, 6.07) is 4.65. The number of nitrogens with zero attached hydrogens (tertiary/aromatic N) is 3. The Hall–Kier alpha value is -3.35. The SMILES string of the molecule is CNC(=O)c1ccc(C2=CNC3(C)C=CC(c4cnn(C)c4)=CN23)cc1F. The van der Waals surface area contributed by atoms with Gasteiger partial charge in [-0.3, -0.25) is 9.48 Å². The second-order valence-corrected chi connectivity index (χ2v) is 6.79. The Balaban J connectivity index is 1.71. The van der Waals surface area contributed by atoms with E-state index in [2.05, 4.69) is 26.7 Å².